The van der Waals surface area contributed by atoms with Gasteiger partial charge in [0.1, 0.15) is 5.82 Å². The highest BCUT2D eigenvalue weighted by Gasteiger charge is 2.23. The molecule has 2 nitrogen and oxygen atoms in total. The van der Waals surface area contributed by atoms with E-state index in [-0.39, 0.29) is 24.0 Å². The third-order valence-corrected chi connectivity index (χ3v) is 3.77. The normalized spacial score (nSPS) is 21.4. The summed E-state index contributed by atoms with van der Waals surface area (Å²) in [6, 6.07) is 1.65. The average Bonchev–Trinajstić information content (AvgIpc) is 2.36. The highest BCUT2D eigenvalue weighted by Crippen LogP contribution is 2.22. The molecule has 0 bridgehead atoms. The van der Waals surface area contributed by atoms with E-state index in [9.17, 15) is 13.2 Å². The molecule has 2 rings (SSSR count). The lowest BCUT2D eigenvalue weighted by Crippen LogP contribution is -2.42. The van der Waals surface area contributed by atoms with E-state index in [2.05, 4.69) is 0 Å². The lowest BCUT2D eigenvalue weighted by molar-refractivity contribution is 0.152. The fourth-order valence-corrected chi connectivity index (χ4v) is 2.59. The molecule has 1 aromatic rings. The fourth-order valence-electron chi connectivity index (χ4n) is 2.59. The molecular formula is C14H20ClF3N2. The summed E-state index contributed by atoms with van der Waals surface area (Å²) in [5.41, 5.74) is 6.08. The Hall–Kier alpha value is -0.780. The number of piperidine rings is 1. The van der Waals surface area contributed by atoms with Gasteiger partial charge in [0.25, 0.3) is 0 Å². The van der Waals surface area contributed by atoms with Gasteiger partial charge in [0.2, 0.25) is 0 Å². The Morgan fingerprint density at radius 2 is 1.90 bits per heavy atom. The van der Waals surface area contributed by atoms with Crippen LogP contribution in [0, 0.1) is 23.4 Å². The van der Waals surface area contributed by atoms with E-state index >= 15 is 0 Å². The molecule has 2 atom stereocenters. The standard InChI is InChI=1S/C14H19F3N2.ClH/c1-9(18)10-3-2-4-19(7-10)8-11-5-13(16)14(17)6-12(11)15;/h5-6,9-10H,2-4,7-8,18H2,1H3;1H. The second-order valence-electron chi connectivity index (χ2n) is 5.35. The summed E-state index contributed by atoms with van der Waals surface area (Å²) < 4.78 is 39.6. The summed E-state index contributed by atoms with van der Waals surface area (Å²) in [6.45, 7) is 3.87. The summed E-state index contributed by atoms with van der Waals surface area (Å²) in [5.74, 6) is -2.46. The molecular weight excluding hydrogens is 289 g/mol. The van der Waals surface area contributed by atoms with Gasteiger partial charge in [0.05, 0.1) is 0 Å². The van der Waals surface area contributed by atoms with Gasteiger partial charge in [-0.3, -0.25) is 4.90 Å². The van der Waals surface area contributed by atoms with Crippen LogP contribution in [0.1, 0.15) is 25.3 Å². The zero-order chi connectivity index (χ0) is 14.0. The van der Waals surface area contributed by atoms with Gasteiger partial charge in [0, 0.05) is 30.8 Å². The highest BCUT2D eigenvalue weighted by atomic mass is 35.5. The maximum Gasteiger partial charge on any atom is 0.161 e. The molecule has 20 heavy (non-hydrogen) atoms. The second-order valence-corrected chi connectivity index (χ2v) is 5.35. The molecule has 1 aliphatic rings. The van der Waals surface area contributed by atoms with Crippen LogP contribution < -0.4 is 5.73 Å². The molecule has 0 spiro atoms. The first-order valence-corrected chi connectivity index (χ1v) is 6.58. The molecule has 0 saturated carbocycles. The van der Waals surface area contributed by atoms with Gasteiger partial charge < -0.3 is 5.73 Å². The fraction of sp³-hybridized carbons (Fsp3) is 0.571. The van der Waals surface area contributed by atoms with E-state index < -0.39 is 17.5 Å². The van der Waals surface area contributed by atoms with Crippen molar-refractivity contribution in [1.29, 1.82) is 0 Å². The Balaban J connectivity index is 0.00000200. The van der Waals surface area contributed by atoms with Gasteiger partial charge in [-0.25, -0.2) is 13.2 Å². The molecule has 1 fully saturated rings. The van der Waals surface area contributed by atoms with E-state index in [1.807, 2.05) is 11.8 Å². The van der Waals surface area contributed by atoms with Crippen molar-refractivity contribution >= 4 is 12.4 Å². The number of benzene rings is 1. The van der Waals surface area contributed by atoms with Crippen LogP contribution in [0.3, 0.4) is 0 Å². The smallest absolute Gasteiger partial charge is 0.161 e. The summed E-state index contributed by atoms with van der Waals surface area (Å²) in [5, 5.41) is 0. The molecule has 1 saturated heterocycles. The number of hydrogen-bond donors (Lipinski definition) is 1. The Morgan fingerprint density at radius 1 is 1.25 bits per heavy atom. The van der Waals surface area contributed by atoms with Crippen LogP contribution in [0.5, 0.6) is 0 Å². The number of nitrogens with zero attached hydrogens (tertiary/aromatic N) is 1. The molecule has 0 aromatic heterocycles. The van der Waals surface area contributed by atoms with Crippen molar-refractivity contribution < 1.29 is 13.2 Å². The predicted molar refractivity (Wildman–Crippen MR) is 75.2 cm³/mol. The Labute approximate surface area is 123 Å². The van der Waals surface area contributed by atoms with Crippen LogP contribution in [0.25, 0.3) is 0 Å². The van der Waals surface area contributed by atoms with E-state index in [1.54, 1.807) is 0 Å². The molecule has 0 aliphatic carbocycles. The Bertz CT molecular complexity index is 454. The van der Waals surface area contributed by atoms with Crippen LogP contribution >= 0.6 is 12.4 Å². The van der Waals surface area contributed by atoms with Gasteiger partial charge in [-0.05, 0) is 38.3 Å². The molecule has 114 valence electrons. The van der Waals surface area contributed by atoms with Crippen molar-refractivity contribution in [2.75, 3.05) is 13.1 Å². The van der Waals surface area contributed by atoms with Gasteiger partial charge in [-0.15, -0.1) is 12.4 Å². The van der Waals surface area contributed by atoms with Crippen molar-refractivity contribution in [3.8, 4) is 0 Å². The summed E-state index contributed by atoms with van der Waals surface area (Å²) >= 11 is 0. The summed E-state index contributed by atoms with van der Waals surface area (Å²) in [7, 11) is 0. The highest BCUT2D eigenvalue weighted by molar-refractivity contribution is 5.85. The van der Waals surface area contributed by atoms with Gasteiger partial charge in [-0.2, -0.15) is 0 Å². The zero-order valence-corrected chi connectivity index (χ0v) is 12.2. The minimum Gasteiger partial charge on any atom is -0.328 e. The van der Waals surface area contributed by atoms with Crippen molar-refractivity contribution in [2.45, 2.75) is 32.4 Å². The average molecular weight is 309 g/mol. The molecule has 1 heterocycles. The Morgan fingerprint density at radius 3 is 2.55 bits per heavy atom. The lowest BCUT2D eigenvalue weighted by atomic mass is 9.92. The minimum absolute atomic E-state index is 0. The number of likely N-dealkylation sites (tertiary alicyclic amines) is 1. The largest absolute Gasteiger partial charge is 0.328 e. The number of hydrogen-bond acceptors (Lipinski definition) is 2. The molecule has 2 unspecified atom stereocenters. The monoisotopic (exact) mass is 308 g/mol. The van der Waals surface area contributed by atoms with Crippen LogP contribution in [-0.4, -0.2) is 24.0 Å². The van der Waals surface area contributed by atoms with Gasteiger partial charge in [-0.1, -0.05) is 0 Å². The predicted octanol–water partition coefficient (Wildman–Crippen LogP) is 3.08. The van der Waals surface area contributed by atoms with Crippen LogP contribution in [0.15, 0.2) is 12.1 Å². The van der Waals surface area contributed by atoms with E-state index in [4.69, 9.17) is 5.73 Å². The maximum atomic E-state index is 13.6. The van der Waals surface area contributed by atoms with Crippen molar-refractivity contribution in [2.24, 2.45) is 11.7 Å². The van der Waals surface area contributed by atoms with E-state index in [1.165, 1.54) is 0 Å². The molecule has 1 aliphatic heterocycles. The number of halogens is 4. The third-order valence-electron chi connectivity index (χ3n) is 3.77. The SMILES string of the molecule is CC(N)C1CCCN(Cc2cc(F)c(F)cc2F)C1.Cl. The maximum absolute atomic E-state index is 13.6. The van der Waals surface area contributed by atoms with Gasteiger partial charge >= 0.3 is 0 Å². The zero-order valence-electron chi connectivity index (χ0n) is 11.4. The molecule has 0 radical (unpaired) electrons. The van der Waals surface area contributed by atoms with Crippen molar-refractivity contribution in [3.05, 3.63) is 35.1 Å². The van der Waals surface area contributed by atoms with Crippen LogP contribution in [0.4, 0.5) is 13.2 Å². The molecule has 2 N–H and O–H groups in total. The van der Waals surface area contributed by atoms with Gasteiger partial charge in [0.15, 0.2) is 11.6 Å². The second kappa shape index (κ2) is 7.29. The summed E-state index contributed by atoms with van der Waals surface area (Å²) in [6.07, 6.45) is 2.06. The number of nitrogens with two attached hydrogens (primary N) is 1. The quantitative estimate of drug-likeness (QED) is 0.870. The van der Waals surface area contributed by atoms with E-state index in [0.29, 0.717) is 18.5 Å². The topological polar surface area (TPSA) is 29.3 Å². The first kappa shape index (κ1) is 17.3. The number of rotatable bonds is 3. The van der Waals surface area contributed by atoms with Crippen LogP contribution in [-0.2, 0) is 6.54 Å². The first-order valence-electron chi connectivity index (χ1n) is 6.58. The van der Waals surface area contributed by atoms with Crippen molar-refractivity contribution in [3.63, 3.8) is 0 Å². The Kier molecular flexibility index (Phi) is 6.30. The first-order chi connectivity index (χ1) is 8.97. The molecule has 0 amide bonds. The summed E-state index contributed by atoms with van der Waals surface area (Å²) in [4.78, 5) is 2.05. The minimum atomic E-state index is -1.15. The van der Waals surface area contributed by atoms with E-state index in [0.717, 1.165) is 32.0 Å². The lowest BCUT2D eigenvalue weighted by Gasteiger charge is -2.34. The molecule has 1 aromatic carbocycles. The van der Waals surface area contributed by atoms with Crippen molar-refractivity contribution in [1.82, 2.24) is 4.90 Å². The third kappa shape index (κ3) is 4.11. The van der Waals surface area contributed by atoms with Crippen LogP contribution in [0.2, 0.25) is 0 Å². The molecule has 6 heteroatoms.